The number of nitrogens with two attached hydrogens (primary N) is 1. The van der Waals surface area contributed by atoms with Gasteiger partial charge in [-0.1, -0.05) is 0 Å². The molecule has 0 amide bonds. The van der Waals surface area contributed by atoms with Crippen LogP contribution in [-0.4, -0.2) is 18.5 Å². The quantitative estimate of drug-likeness (QED) is 0.467. The number of nitro groups is 1. The van der Waals surface area contributed by atoms with Gasteiger partial charge < -0.3 is 0 Å². The first-order chi connectivity index (χ1) is 7.21. The molecule has 0 spiro atoms. The van der Waals surface area contributed by atoms with E-state index in [1.807, 2.05) is 0 Å². The summed E-state index contributed by atoms with van der Waals surface area (Å²) in [4.78, 5) is 20.6. The normalized spacial score (nSPS) is 11.4. The predicted octanol–water partition coefficient (Wildman–Crippen LogP) is 0.303. The van der Waals surface area contributed by atoms with Crippen LogP contribution >= 0.6 is 24.0 Å². The average Bonchev–Trinajstić information content (AvgIpc) is 2.45. The fourth-order valence-electron chi connectivity index (χ4n) is 0.954. The van der Waals surface area contributed by atoms with Gasteiger partial charge in [0.05, 0.1) is 16.2 Å². The Morgan fingerprint density at radius 3 is 2.56 bits per heavy atom. The third-order valence-corrected chi connectivity index (χ3v) is 4.26. The third-order valence-electron chi connectivity index (χ3n) is 1.55. The van der Waals surface area contributed by atoms with E-state index in [4.69, 9.17) is 5.14 Å². The van der Waals surface area contributed by atoms with Gasteiger partial charge in [0.2, 0.25) is 10.0 Å². The summed E-state index contributed by atoms with van der Waals surface area (Å²) in [7, 11) is -4.00. The van der Waals surface area contributed by atoms with E-state index in [1.54, 1.807) is 0 Å². The van der Waals surface area contributed by atoms with Gasteiger partial charge in [0.25, 0.3) is 5.69 Å². The number of primary sulfonamides is 1. The molecule has 0 fully saturated rings. The number of rotatable bonds is 4. The van der Waals surface area contributed by atoms with Crippen molar-refractivity contribution < 1.29 is 18.1 Å². The van der Waals surface area contributed by atoms with Crippen molar-refractivity contribution in [2.75, 3.05) is 0 Å². The van der Waals surface area contributed by atoms with E-state index >= 15 is 0 Å². The van der Waals surface area contributed by atoms with Gasteiger partial charge in [0.1, 0.15) is 4.21 Å². The molecule has 0 saturated heterocycles. The second-order valence-corrected chi connectivity index (χ2v) is 6.17. The maximum atomic E-state index is 11.0. The number of nitrogens with zero attached hydrogens (tertiary/aromatic N) is 1. The minimum absolute atomic E-state index is 0.0222. The molecule has 1 aromatic heterocycles. The molecule has 7 nitrogen and oxygen atoms in total. The summed E-state index contributed by atoms with van der Waals surface area (Å²) in [5, 5.41) is 14.8. The van der Waals surface area contributed by atoms with Gasteiger partial charge in [0, 0.05) is 6.07 Å². The van der Waals surface area contributed by atoms with Crippen LogP contribution in [-0.2, 0) is 21.2 Å². The fourth-order valence-corrected chi connectivity index (χ4v) is 3.12. The van der Waals surface area contributed by atoms with Crippen molar-refractivity contribution in [2.45, 2.75) is 10.6 Å². The minimum Gasteiger partial charge on any atom is -0.287 e. The number of hydrogen-bond acceptors (Lipinski definition) is 6. The Labute approximate surface area is 99.9 Å². The number of sulfonamides is 1. The van der Waals surface area contributed by atoms with E-state index in [0.29, 0.717) is 11.3 Å². The van der Waals surface area contributed by atoms with E-state index in [-0.39, 0.29) is 15.5 Å². The van der Waals surface area contributed by atoms with E-state index in [1.165, 1.54) is 0 Å². The Morgan fingerprint density at radius 1 is 1.62 bits per heavy atom. The summed E-state index contributed by atoms with van der Waals surface area (Å²) in [6.07, 6.45) is -0.306. The summed E-state index contributed by atoms with van der Waals surface area (Å²) in [5.41, 5.74) is -0.434. The maximum absolute atomic E-state index is 11.0. The number of carbonyl (C=O) groups is 1. The van der Waals surface area contributed by atoms with Gasteiger partial charge in [0.15, 0.2) is 5.12 Å². The van der Waals surface area contributed by atoms with Crippen LogP contribution in [0.2, 0.25) is 0 Å². The molecule has 0 aliphatic heterocycles. The van der Waals surface area contributed by atoms with Gasteiger partial charge in [-0.25, -0.2) is 13.6 Å². The molecular weight excluding hydrogens is 276 g/mol. The molecule has 1 heterocycles. The maximum Gasteiger partial charge on any atom is 0.285 e. The molecule has 1 aromatic rings. The van der Waals surface area contributed by atoms with Crippen molar-refractivity contribution >= 4 is 44.8 Å². The highest BCUT2D eigenvalue weighted by Crippen LogP contribution is 2.32. The Kier molecular flexibility index (Phi) is 3.68. The Bertz CT molecular complexity index is 547. The predicted molar refractivity (Wildman–Crippen MR) is 60.0 cm³/mol. The van der Waals surface area contributed by atoms with E-state index in [2.05, 4.69) is 12.6 Å². The smallest absolute Gasteiger partial charge is 0.285 e. The minimum atomic E-state index is -4.00. The van der Waals surface area contributed by atoms with Crippen LogP contribution in [0.1, 0.15) is 4.88 Å². The summed E-state index contributed by atoms with van der Waals surface area (Å²) >= 11 is 4.07. The molecule has 0 aromatic carbocycles. The number of thiophene rings is 1. The molecular formula is C6H6N2O5S3. The first-order valence-electron chi connectivity index (χ1n) is 3.73. The van der Waals surface area contributed by atoms with Crippen LogP contribution in [0.3, 0.4) is 0 Å². The molecule has 16 heavy (non-hydrogen) atoms. The second-order valence-electron chi connectivity index (χ2n) is 2.75. The van der Waals surface area contributed by atoms with Gasteiger partial charge in [-0.05, 0) is 0 Å². The zero-order valence-electron chi connectivity index (χ0n) is 7.61. The van der Waals surface area contributed by atoms with Gasteiger partial charge in [-0.3, -0.25) is 14.9 Å². The Balaban J connectivity index is 3.31. The van der Waals surface area contributed by atoms with Crippen molar-refractivity contribution in [3.05, 3.63) is 21.1 Å². The molecule has 2 N–H and O–H groups in total. The Morgan fingerprint density at radius 2 is 2.19 bits per heavy atom. The van der Waals surface area contributed by atoms with Crippen LogP contribution in [0, 0.1) is 10.1 Å². The molecule has 0 radical (unpaired) electrons. The summed E-state index contributed by atoms with van der Waals surface area (Å²) in [6.45, 7) is 0. The van der Waals surface area contributed by atoms with Crippen molar-refractivity contribution in [3.63, 3.8) is 0 Å². The van der Waals surface area contributed by atoms with Gasteiger partial charge in [-0.2, -0.15) is 0 Å². The van der Waals surface area contributed by atoms with Crippen molar-refractivity contribution in [2.24, 2.45) is 5.14 Å². The SMILES string of the molecule is NS(=O)(=O)c1cc([N+](=O)[O-])c(CC(=O)S)s1. The van der Waals surface area contributed by atoms with Crippen molar-refractivity contribution in [1.29, 1.82) is 0 Å². The van der Waals surface area contributed by atoms with E-state index in [0.717, 1.165) is 6.07 Å². The average molecular weight is 282 g/mol. The number of hydrogen-bond donors (Lipinski definition) is 2. The van der Waals surface area contributed by atoms with E-state index in [9.17, 15) is 23.3 Å². The molecule has 0 aliphatic rings. The largest absolute Gasteiger partial charge is 0.287 e. The number of carbonyl (C=O) groups excluding carboxylic acids is 1. The molecule has 88 valence electrons. The summed E-state index contributed by atoms with van der Waals surface area (Å²) in [5.74, 6) is 0. The molecule has 0 saturated carbocycles. The lowest BCUT2D eigenvalue weighted by molar-refractivity contribution is -0.385. The molecule has 1 rings (SSSR count). The van der Waals surface area contributed by atoms with Gasteiger partial charge >= 0.3 is 0 Å². The molecule has 0 unspecified atom stereocenters. The zero-order chi connectivity index (χ0) is 12.5. The van der Waals surface area contributed by atoms with Crippen molar-refractivity contribution in [1.82, 2.24) is 0 Å². The first-order valence-corrected chi connectivity index (χ1v) is 6.54. The lowest BCUT2D eigenvalue weighted by Crippen LogP contribution is -2.09. The lowest BCUT2D eigenvalue weighted by Gasteiger charge is -1.91. The number of thiol groups is 1. The van der Waals surface area contributed by atoms with Crippen LogP contribution in [0.4, 0.5) is 5.69 Å². The second kappa shape index (κ2) is 4.49. The highest BCUT2D eigenvalue weighted by atomic mass is 32.2. The van der Waals surface area contributed by atoms with Crippen LogP contribution in [0.15, 0.2) is 10.3 Å². The summed E-state index contributed by atoms with van der Waals surface area (Å²) < 4.78 is 21.6. The van der Waals surface area contributed by atoms with Crippen LogP contribution < -0.4 is 5.14 Å². The summed E-state index contributed by atoms with van der Waals surface area (Å²) in [6, 6.07) is 0.839. The Hall–Kier alpha value is -0.970. The molecule has 0 atom stereocenters. The first kappa shape index (κ1) is 13.1. The topological polar surface area (TPSA) is 120 Å². The standard InChI is InChI=1S/C6H6N2O5S3/c7-16(12,13)6-1-3(8(10)11)4(15-6)2-5(9)14/h1H,2H2,(H,9,14)(H2,7,12,13). The molecule has 10 heteroatoms. The van der Waals surface area contributed by atoms with Crippen LogP contribution in [0.25, 0.3) is 0 Å². The third kappa shape index (κ3) is 3.01. The highest BCUT2D eigenvalue weighted by molar-refractivity contribution is 7.96. The van der Waals surface area contributed by atoms with E-state index < -0.39 is 25.7 Å². The fraction of sp³-hybridized carbons (Fsp3) is 0.167. The highest BCUT2D eigenvalue weighted by Gasteiger charge is 2.24. The van der Waals surface area contributed by atoms with Crippen LogP contribution in [0.5, 0.6) is 0 Å². The molecule has 0 bridgehead atoms. The monoisotopic (exact) mass is 282 g/mol. The molecule has 0 aliphatic carbocycles. The van der Waals surface area contributed by atoms with Gasteiger partial charge in [-0.15, -0.1) is 24.0 Å². The lowest BCUT2D eigenvalue weighted by atomic mass is 10.3. The van der Waals surface area contributed by atoms with Crippen molar-refractivity contribution in [3.8, 4) is 0 Å². The zero-order valence-corrected chi connectivity index (χ0v) is 10.1.